The molecule has 1 aromatic heterocycles. The van der Waals surface area contributed by atoms with Gasteiger partial charge in [-0.25, -0.2) is 0 Å². The quantitative estimate of drug-likeness (QED) is 0.797. The smallest absolute Gasteiger partial charge is 0.228 e. The standard InChI is InChI=1S/C19H27N5O/c1-6-24(7-2)15-8-9-16(14(5)12-15)20-17-10-11-18(23-22-17)21-19(25)13(3)4/h8-13H,6-7H2,1-5H3,(H,20,22)(H,21,23,25). The number of amides is 1. The van der Waals surface area contributed by atoms with Gasteiger partial charge in [0.25, 0.3) is 0 Å². The highest BCUT2D eigenvalue weighted by atomic mass is 16.1. The van der Waals surface area contributed by atoms with Crippen LogP contribution >= 0.6 is 0 Å². The minimum Gasteiger partial charge on any atom is -0.372 e. The van der Waals surface area contributed by atoms with Crippen molar-refractivity contribution in [3.63, 3.8) is 0 Å². The third-order valence-electron chi connectivity index (χ3n) is 4.04. The van der Waals surface area contributed by atoms with Crippen LogP contribution in [0.1, 0.15) is 33.3 Å². The molecule has 0 aliphatic heterocycles. The Balaban J connectivity index is 2.08. The molecule has 6 heteroatoms. The summed E-state index contributed by atoms with van der Waals surface area (Å²) in [5, 5.41) is 14.2. The molecule has 0 aliphatic carbocycles. The van der Waals surface area contributed by atoms with Gasteiger partial charge in [-0.05, 0) is 56.7 Å². The molecule has 0 aliphatic rings. The lowest BCUT2D eigenvalue weighted by atomic mass is 10.1. The number of rotatable bonds is 7. The molecular weight excluding hydrogens is 314 g/mol. The lowest BCUT2D eigenvalue weighted by molar-refractivity contribution is -0.118. The molecule has 0 unspecified atom stereocenters. The van der Waals surface area contributed by atoms with Crippen molar-refractivity contribution in [2.75, 3.05) is 28.6 Å². The van der Waals surface area contributed by atoms with Crippen LogP contribution in [-0.2, 0) is 4.79 Å². The third-order valence-corrected chi connectivity index (χ3v) is 4.04. The van der Waals surface area contributed by atoms with E-state index in [-0.39, 0.29) is 11.8 Å². The van der Waals surface area contributed by atoms with Crippen molar-refractivity contribution in [2.45, 2.75) is 34.6 Å². The zero-order valence-electron chi connectivity index (χ0n) is 15.6. The van der Waals surface area contributed by atoms with Crippen molar-refractivity contribution in [1.82, 2.24) is 10.2 Å². The first kappa shape index (κ1) is 18.7. The Morgan fingerprint density at radius 1 is 1.08 bits per heavy atom. The van der Waals surface area contributed by atoms with Crippen LogP contribution < -0.4 is 15.5 Å². The predicted octanol–water partition coefficient (Wildman–Crippen LogP) is 3.97. The molecule has 0 saturated heterocycles. The summed E-state index contributed by atoms with van der Waals surface area (Å²) in [5.41, 5.74) is 3.35. The van der Waals surface area contributed by atoms with Crippen LogP contribution in [0, 0.1) is 12.8 Å². The van der Waals surface area contributed by atoms with Crippen molar-refractivity contribution in [3.8, 4) is 0 Å². The van der Waals surface area contributed by atoms with Crippen molar-refractivity contribution in [2.24, 2.45) is 5.92 Å². The summed E-state index contributed by atoms with van der Waals surface area (Å²) in [7, 11) is 0. The van der Waals surface area contributed by atoms with E-state index in [0.717, 1.165) is 24.3 Å². The fourth-order valence-corrected chi connectivity index (χ4v) is 2.45. The summed E-state index contributed by atoms with van der Waals surface area (Å²) < 4.78 is 0. The summed E-state index contributed by atoms with van der Waals surface area (Å²) in [4.78, 5) is 14.0. The molecule has 0 atom stereocenters. The highest BCUT2D eigenvalue weighted by Gasteiger charge is 2.09. The number of aryl methyl sites for hydroxylation is 1. The van der Waals surface area contributed by atoms with E-state index in [4.69, 9.17) is 0 Å². The first-order valence-corrected chi connectivity index (χ1v) is 8.71. The van der Waals surface area contributed by atoms with Crippen molar-refractivity contribution >= 4 is 28.9 Å². The van der Waals surface area contributed by atoms with Crippen LogP contribution in [0.4, 0.5) is 23.0 Å². The summed E-state index contributed by atoms with van der Waals surface area (Å²) >= 11 is 0. The Morgan fingerprint density at radius 2 is 1.72 bits per heavy atom. The van der Waals surface area contributed by atoms with E-state index in [9.17, 15) is 4.79 Å². The average molecular weight is 341 g/mol. The first-order chi connectivity index (χ1) is 11.9. The SMILES string of the molecule is CCN(CC)c1ccc(Nc2ccc(NC(=O)C(C)C)nn2)c(C)c1. The molecule has 0 spiro atoms. The largest absolute Gasteiger partial charge is 0.372 e. The maximum atomic E-state index is 11.7. The number of carbonyl (C=O) groups is 1. The maximum absolute atomic E-state index is 11.7. The number of anilines is 4. The Hall–Kier alpha value is -2.63. The maximum Gasteiger partial charge on any atom is 0.228 e. The second-order valence-electron chi connectivity index (χ2n) is 6.24. The van der Waals surface area contributed by atoms with E-state index < -0.39 is 0 Å². The predicted molar refractivity (Wildman–Crippen MR) is 104 cm³/mol. The molecule has 0 saturated carbocycles. The third kappa shape index (κ3) is 4.92. The van der Waals surface area contributed by atoms with E-state index in [1.165, 1.54) is 5.69 Å². The van der Waals surface area contributed by atoms with Gasteiger partial charge in [0.1, 0.15) is 0 Å². The average Bonchev–Trinajstić information content (AvgIpc) is 2.59. The fraction of sp³-hybridized carbons (Fsp3) is 0.421. The molecule has 1 amide bonds. The molecule has 25 heavy (non-hydrogen) atoms. The molecule has 2 N–H and O–H groups in total. The molecule has 1 aromatic carbocycles. The van der Waals surface area contributed by atoms with E-state index in [2.05, 4.69) is 64.7 Å². The summed E-state index contributed by atoms with van der Waals surface area (Å²) in [6.07, 6.45) is 0. The summed E-state index contributed by atoms with van der Waals surface area (Å²) in [6.45, 7) is 12.0. The van der Waals surface area contributed by atoms with E-state index in [1.54, 1.807) is 12.1 Å². The van der Waals surface area contributed by atoms with Crippen LogP contribution in [0.3, 0.4) is 0 Å². The van der Waals surface area contributed by atoms with Gasteiger partial charge in [-0.15, -0.1) is 10.2 Å². The van der Waals surface area contributed by atoms with Crippen LogP contribution in [-0.4, -0.2) is 29.2 Å². The highest BCUT2D eigenvalue weighted by Crippen LogP contribution is 2.25. The second-order valence-corrected chi connectivity index (χ2v) is 6.24. The number of nitrogens with one attached hydrogen (secondary N) is 2. The number of nitrogens with zero attached hydrogens (tertiary/aromatic N) is 3. The Labute approximate surface area is 149 Å². The molecule has 2 rings (SSSR count). The number of hydrogen-bond donors (Lipinski definition) is 2. The van der Waals surface area contributed by atoms with Gasteiger partial charge in [-0.2, -0.15) is 0 Å². The van der Waals surface area contributed by atoms with Gasteiger partial charge in [0.2, 0.25) is 5.91 Å². The molecule has 134 valence electrons. The normalized spacial score (nSPS) is 10.6. The zero-order chi connectivity index (χ0) is 18.4. The van der Waals surface area contributed by atoms with Crippen molar-refractivity contribution in [1.29, 1.82) is 0 Å². The molecule has 0 fully saturated rings. The van der Waals surface area contributed by atoms with Gasteiger partial charge in [0.15, 0.2) is 11.6 Å². The minimum absolute atomic E-state index is 0.0714. The van der Waals surface area contributed by atoms with E-state index in [0.29, 0.717) is 11.6 Å². The van der Waals surface area contributed by atoms with Crippen LogP contribution in [0.25, 0.3) is 0 Å². The van der Waals surface area contributed by atoms with Gasteiger partial charge in [0.05, 0.1) is 0 Å². The van der Waals surface area contributed by atoms with Crippen molar-refractivity contribution in [3.05, 3.63) is 35.9 Å². The molecular formula is C19H27N5O. The fourth-order valence-electron chi connectivity index (χ4n) is 2.45. The number of hydrogen-bond acceptors (Lipinski definition) is 5. The van der Waals surface area contributed by atoms with Crippen LogP contribution in [0.5, 0.6) is 0 Å². The zero-order valence-corrected chi connectivity index (χ0v) is 15.6. The van der Waals surface area contributed by atoms with Gasteiger partial charge in [-0.1, -0.05) is 13.8 Å². The Kier molecular flexibility index (Phi) is 6.33. The molecule has 6 nitrogen and oxygen atoms in total. The second kappa shape index (κ2) is 8.46. The van der Waals surface area contributed by atoms with Crippen molar-refractivity contribution < 1.29 is 4.79 Å². The molecule has 2 aromatic rings. The number of benzene rings is 1. The molecule has 0 radical (unpaired) electrons. The monoisotopic (exact) mass is 341 g/mol. The molecule has 1 heterocycles. The van der Waals surface area contributed by atoms with Gasteiger partial charge >= 0.3 is 0 Å². The Bertz CT molecular complexity index is 708. The minimum atomic E-state index is -0.0911. The summed E-state index contributed by atoms with van der Waals surface area (Å²) in [5.74, 6) is 0.934. The Morgan fingerprint density at radius 3 is 2.24 bits per heavy atom. The van der Waals surface area contributed by atoms with E-state index in [1.807, 2.05) is 13.8 Å². The lowest BCUT2D eigenvalue weighted by Crippen LogP contribution is -2.21. The number of carbonyl (C=O) groups excluding carboxylic acids is 1. The van der Waals surface area contributed by atoms with Gasteiger partial charge < -0.3 is 15.5 Å². The van der Waals surface area contributed by atoms with Crippen LogP contribution in [0.15, 0.2) is 30.3 Å². The lowest BCUT2D eigenvalue weighted by Gasteiger charge is -2.22. The van der Waals surface area contributed by atoms with E-state index >= 15 is 0 Å². The van der Waals surface area contributed by atoms with Gasteiger partial charge in [0, 0.05) is 30.4 Å². The first-order valence-electron chi connectivity index (χ1n) is 8.71. The topological polar surface area (TPSA) is 70.2 Å². The number of aromatic nitrogens is 2. The van der Waals surface area contributed by atoms with Crippen LogP contribution in [0.2, 0.25) is 0 Å². The van der Waals surface area contributed by atoms with Gasteiger partial charge in [-0.3, -0.25) is 4.79 Å². The molecule has 0 bridgehead atoms. The summed E-state index contributed by atoms with van der Waals surface area (Å²) in [6, 6.07) is 9.88. The highest BCUT2D eigenvalue weighted by molar-refractivity contribution is 5.91.